The lowest BCUT2D eigenvalue weighted by molar-refractivity contribution is -0.105. The summed E-state index contributed by atoms with van der Waals surface area (Å²) in [5, 5.41) is 0. The predicted octanol–water partition coefficient (Wildman–Crippen LogP) is 5.88. The largest absolute Gasteiger partial charge is 0.429 e. The van der Waals surface area contributed by atoms with Crippen molar-refractivity contribution in [1.29, 1.82) is 0 Å². The maximum Gasteiger partial charge on any atom is 0.429 e. The van der Waals surface area contributed by atoms with Crippen LogP contribution in [-0.2, 0) is 10.8 Å². The second-order valence-corrected chi connectivity index (χ2v) is 8.39. The highest BCUT2D eigenvalue weighted by Crippen LogP contribution is 2.33. The van der Waals surface area contributed by atoms with Crippen LogP contribution >= 0.6 is 0 Å². The first-order chi connectivity index (χ1) is 11.5. The molecule has 10 heteroatoms. The molecule has 0 aliphatic carbocycles. The van der Waals surface area contributed by atoms with Crippen molar-refractivity contribution in [2.24, 2.45) is 10.4 Å². The molecular weight excluding hydrogens is 387 g/mol. The van der Waals surface area contributed by atoms with Crippen molar-refractivity contribution in [2.75, 3.05) is 5.75 Å². The Bertz CT molecular complexity index is 715. The normalized spacial score (nSPS) is 15.3. The van der Waals surface area contributed by atoms with Gasteiger partial charge in [0.25, 0.3) is 0 Å². The Balaban J connectivity index is 3.43. The highest BCUT2D eigenvalue weighted by atomic mass is 32.2. The van der Waals surface area contributed by atoms with Crippen molar-refractivity contribution in [3.05, 3.63) is 23.5 Å². The molecule has 2 nitrogen and oxygen atoms in total. The number of hydrogen-bond donors (Lipinski definition) is 0. The van der Waals surface area contributed by atoms with E-state index in [9.17, 15) is 34.9 Å². The number of hydrogen-bond acceptors (Lipinski definition) is 2. The van der Waals surface area contributed by atoms with Crippen LogP contribution in [0.3, 0.4) is 0 Å². The summed E-state index contributed by atoms with van der Waals surface area (Å²) in [6.45, 7) is 5.82. The molecule has 0 N–H and O–H groups in total. The minimum atomic E-state index is -4.84. The molecule has 0 aromatic heterocycles. The van der Waals surface area contributed by atoms with Gasteiger partial charge >= 0.3 is 12.4 Å². The third kappa shape index (κ3) is 7.05. The van der Waals surface area contributed by atoms with E-state index < -0.39 is 62.9 Å². The number of benzene rings is 1. The monoisotopic (exact) mass is 405 g/mol. The molecular formula is C16H18F7NOS. The average molecular weight is 405 g/mol. The molecule has 1 unspecified atom stereocenters. The Kier molecular flexibility index (Phi) is 6.65. The summed E-state index contributed by atoms with van der Waals surface area (Å²) < 4.78 is 103. The molecule has 0 spiro atoms. The highest BCUT2D eigenvalue weighted by molar-refractivity contribution is 7.85. The standard InChI is InChI=1S/C16H18F7NOS/c1-9-5-10(17)11(6-12(9)26(25)8-15(18,19)20)24-13(16(21,22)23)7-14(2,3)4/h5-6H,7-8H2,1-4H3. The van der Waals surface area contributed by atoms with Gasteiger partial charge in [-0.05, 0) is 36.5 Å². The van der Waals surface area contributed by atoms with Crippen LogP contribution in [-0.4, -0.2) is 28.0 Å². The van der Waals surface area contributed by atoms with Gasteiger partial charge in [-0.2, -0.15) is 26.3 Å². The smallest absolute Gasteiger partial charge is 0.254 e. The van der Waals surface area contributed by atoms with Crippen LogP contribution in [0, 0.1) is 18.2 Å². The first kappa shape index (κ1) is 22.6. The van der Waals surface area contributed by atoms with Crippen molar-refractivity contribution in [2.45, 2.75) is 51.4 Å². The van der Waals surface area contributed by atoms with E-state index in [0.717, 1.165) is 6.07 Å². The van der Waals surface area contributed by atoms with Crippen LogP contribution in [0.25, 0.3) is 0 Å². The van der Waals surface area contributed by atoms with E-state index in [-0.39, 0.29) is 5.56 Å². The molecule has 0 fully saturated rings. The van der Waals surface area contributed by atoms with E-state index in [1.807, 2.05) is 0 Å². The van der Waals surface area contributed by atoms with E-state index in [2.05, 4.69) is 4.99 Å². The van der Waals surface area contributed by atoms with Crippen molar-refractivity contribution in [3.8, 4) is 0 Å². The Morgan fingerprint density at radius 2 is 1.62 bits per heavy atom. The lowest BCUT2D eigenvalue weighted by atomic mass is 9.89. The zero-order chi connectivity index (χ0) is 20.5. The summed E-state index contributed by atoms with van der Waals surface area (Å²) in [6, 6.07) is 1.41. The number of aliphatic imine (C=N–C) groups is 1. The molecule has 0 radical (unpaired) electrons. The number of rotatable bonds is 4. The van der Waals surface area contributed by atoms with Gasteiger partial charge in [0.2, 0.25) is 0 Å². The average Bonchev–Trinajstić information content (AvgIpc) is 2.35. The van der Waals surface area contributed by atoms with Gasteiger partial charge in [-0.3, -0.25) is 4.21 Å². The molecule has 0 bridgehead atoms. The van der Waals surface area contributed by atoms with Crippen molar-refractivity contribution < 1.29 is 34.9 Å². The predicted molar refractivity (Wildman–Crippen MR) is 85.7 cm³/mol. The minimum absolute atomic E-state index is 0.0617. The lowest BCUT2D eigenvalue weighted by Gasteiger charge is -2.21. The summed E-state index contributed by atoms with van der Waals surface area (Å²) in [4.78, 5) is 2.89. The zero-order valence-corrected chi connectivity index (χ0v) is 15.3. The fraction of sp³-hybridized carbons (Fsp3) is 0.562. The number of nitrogens with zero attached hydrogens (tertiary/aromatic N) is 1. The van der Waals surface area contributed by atoms with Crippen LogP contribution in [0.15, 0.2) is 22.0 Å². The first-order valence-corrected chi connectivity index (χ1v) is 8.71. The molecule has 1 atom stereocenters. The van der Waals surface area contributed by atoms with Gasteiger partial charge in [0.1, 0.15) is 23.0 Å². The molecule has 0 amide bonds. The topological polar surface area (TPSA) is 29.4 Å². The third-order valence-corrected chi connectivity index (χ3v) is 4.58. The fourth-order valence-electron chi connectivity index (χ4n) is 2.05. The Morgan fingerprint density at radius 1 is 1.08 bits per heavy atom. The second-order valence-electron chi connectivity index (χ2n) is 6.97. The summed E-state index contributed by atoms with van der Waals surface area (Å²) in [5.41, 5.74) is -2.93. The molecule has 1 rings (SSSR count). The van der Waals surface area contributed by atoms with Gasteiger partial charge in [-0.1, -0.05) is 20.8 Å². The first-order valence-electron chi connectivity index (χ1n) is 7.39. The van der Waals surface area contributed by atoms with Crippen LogP contribution in [0.4, 0.5) is 36.4 Å². The van der Waals surface area contributed by atoms with Crippen molar-refractivity contribution in [3.63, 3.8) is 0 Å². The maximum atomic E-state index is 14.0. The molecule has 0 aliphatic rings. The van der Waals surface area contributed by atoms with Crippen molar-refractivity contribution in [1.82, 2.24) is 0 Å². The third-order valence-electron chi connectivity index (χ3n) is 3.06. The summed E-state index contributed by atoms with van der Waals surface area (Å²) in [7, 11) is -2.58. The van der Waals surface area contributed by atoms with Gasteiger partial charge in [-0.15, -0.1) is 0 Å². The molecule has 0 aliphatic heterocycles. The van der Waals surface area contributed by atoms with E-state index >= 15 is 0 Å². The van der Waals surface area contributed by atoms with Gasteiger partial charge in [0, 0.05) is 4.90 Å². The van der Waals surface area contributed by atoms with Gasteiger partial charge in [0.15, 0.2) is 0 Å². The number of alkyl halides is 6. The van der Waals surface area contributed by atoms with Crippen LogP contribution < -0.4 is 0 Å². The SMILES string of the molecule is Cc1cc(F)c(N=C(CC(C)(C)C)C(F)(F)F)cc1S(=O)CC(F)(F)F. The molecule has 1 aromatic carbocycles. The highest BCUT2D eigenvalue weighted by Gasteiger charge is 2.38. The van der Waals surface area contributed by atoms with Crippen molar-refractivity contribution >= 4 is 22.2 Å². The van der Waals surface area contributed by atoms with Crippen LogP contribution in [0.2, 0.25) is 0 Å². The molecule has 0 saturated carbocycles. The lowest BCUT2D eigenvalue weighted by Crippen LogP contribution is -2.27. The van der Waals surface area contributed by atoms with E-state index in [1.54, 1.807) is 0 Å². The summed E-state index contributed by atoms with van der Waals surface area (Å²) >= 11 is 0. The van der Waals surface area contributed by atoms with E-state index in [4.69, 9.17) is 0 Å². The Labute approximate surface area is 149 Å². The Morgan fingerprint density at radius 3 is 2.04 bits per heavy atom. The second kappa shape index (κ2) is 7.66. The molecule has 0 heterocycles. The van der Waals surface area contributed by atoms with Gasteiger partial charge in [-0.25, -0.2) is 9.38 Å². The van der Waals surface area contributed by atoms with Crippen LogP contribution in [0.1, 0.15) is 32.8 Å². The fourth-order valence-corrected chi connectivity index (χ4v) is 3.16. The molecule has 1 aromatic rings. The van der Waals surface area contributed by atoms with E-state index in [0.29, 0.717) is 6.07 Å². The van der Waals surface area contributed by atoms with Gasteiger partial charge in [0.05, 0.1) is 10.8 Å². The quantitative estimate of drug-likeness (QED) is 0.455. The number of aryl methyl sites for hydroxylation is 1. The van der Waals surface area contributed by atoms with Gasteiger partial charge < -0.3 is 0 Å². The number of halogens is 7. The summed E-state index contributed by atoms with van der Waals surface area (Å²) in [5.74, 6) is -2.82. The van der Waals surface area contributed by atoms with E-state index in [1.165, 1.54) is 27.7 Å². The molecule has 26 heavy (non-hydrogen) atoms. The Hall–Kier alpha value is -1.45. The maximum absolute atomic E-state index is 14.0. The molecule has 0 saturated heterocycles. The minimum Gasteiger partial charge on any atom is -0.254 e. The molecule has 148 valence electrons. The summed E-state index contributed by atoms with van der Waals surface area (Å²) in [6.07, 6.45) is -10.1. The zero-order valence-electron chi connectivity index (χ0n) is 14.5. The van der Waals surface area contributed by atoms with Crippen LogP contribution in [0.5, 0.6) is 0 Å².